The van der Waals surface area contributed by atoms with Crippen LogP contribution in [-0.4, -0.2) is 18.3 Å². The summed E-state index contributed by atoms with van der Waals surface area (Å²) in [4.78, 5) is 23.0. The Kier molecular flexibility index (Phi) is 5.13. The smallest absolute Gasteiger partial charge is 0.419 e. The van der Waals surface area contributed by atoms with Gasteiger partial charge in [0.25, 0.3) is 11.1 Å². The quantitative estimate of drug-likeness (QED) is 0.752. The van der Waals surface area contributed by atoms with E-state index in [1.807, 2.05) is 0 Å². The number of nitrogens with one attached hydrogen (secondary N) is 1. The number of hydrogen-bond donors (Lipinski definition) is 1. The number of benzene rings is 2. The molecule has 2 amide bonds. The van der Waals surface area contributed by atoms with Crippen LogP contribution in [0.4, 0.5) is 18.0 Å². The molecule has 5 nitrogen and oxygen atoms in total. The largest absolute Gasteiger partial charge is 0.493 e. The number of imide groups is 1. The van der Waals surface area contributed by atoms with Crippen molar-refractivity contribution in [2.24, 2.45) is 0 Å². The van der Waals surface area contributed by atoms with Crippen molar-refractivity contribution < 1.29 is 32.2 Å². The average molecular weight is 395 g/mol. The molecule has 140 valence electrons. The highest BCUT2D eigenvalue weighted by molar-refractivity contribution is 8.18. The van der Waals surface area contributed by atoms with Crippen LogP contribution in [0.3, 0.4) is 0 Å². The van der Waals surface area contributed by atoms with Crippen molar-refractivity contribution in [3.63, 3.8) is 0 Å². The molecule has 0 atom stereocenters. The minimum atomic E-state index is -4.56. The van der Waals surface area contributed by atoms with Gasteiger partial charge in [0, 0.05) is 0 Å². The number of hydrogen-bond acceptors (Lipinski definition) is 5. The van der Waals surface area contributed by atoms with E-state index in [-0.39, 0.29) is 22.2 Å². The van der Waals surface area contributed by atoms with Crippen molar-refractivity contribution >= 4 is 29.0 Å². The highest BCUT2D eigenvalue weighted by Crippen LogP contribution is 2.40. The lowest BCUT2D eigenvalue weighted by molar-refractivity contribution is -0.138. The van der Waals surface area contributed by atoms with Crippen LogP contribution in [-0.2, 0) is 11.0 Å². The number of halogens is 3. The highest BCUT2D eigenvalue weighted by Gasteiger charge is 2.34. The van der Waals surface area contributed by atoms with Gasteiger partial charge in [0.1, 0.15) is 5.75 Å². The molecule has 0 saturated carbocycles. The fraction of sp³-hybridized carbons (Fsp3) is 0.111. The first-order valence-electron chi connectivity index (χ1n) is 7.55. The van der Waals surface area contributed by atoms with E-state index >= 15 is 0 Å². The van der Waals surface area contributed by atoms with Gasteiger partial charge >= 0.3 is 6.18 Å². The van der Waals surface area contributed by atoms with Crippen LogP contribution in [0.1, 0.15) is 11.1 Å². The van der Waals surface area contributed by atoms with Gasteiger partial charge in [0.15, 0.2) is 11.5 Å². The average Bonchev–Trinajstić information content (AvgIpc) is 2.93. The Morgan fingerprint density at radius 1 is 1.04 bits per heavy atom. The molecular weight excluding hydrogens is 383 g/mol. The minimum absolute atomic E-state index is 0.0796. The maximum Gasteiger partial charge on any atom is 0.419 e. The minimum Gasteiger partial charge on any atom is -0.493 e. The van der Waals surface area contributed by atoms with E-state index in [2.05, 4.69) is 5.32 Å². The molecule has 1 saturated heterocycles. The predicted octanol–water partition coefficient (Wildman–Crippen LogP) is 4.83. The summed E-state index contributed by atoms with van der Waals surface area (Å²) < 4.78 is 49.9. The third kappa shape index (κ3) is 4.25. The van der Waals surface area contributed by atoms with Gasteiger partial charge in [-0.3, -0.25) is 14.9 Å². The lowest BCUT2D eigenvalue weighted by Gasteiger charge is -2.15. The van der Waals surface area contributed by atoms with E-state index in [1.54, 1.807) is 0 Å². The molecule has 1 aliphatic heterocycles. The van der Waals surface area contributed by atoms with Crippen LogP contribution in [0, 0.1) is 0 Å². The van der Waals surface area contributed by atoms with E-state index in [9.17, 15) is 22.8 Å². The molecule has 0 radical (unpaired) electrons. The summed E-state index contributed by atoms with van der Waals surface area (Å²) in [5.74, 6) is -0.610. The Bertz CT molecular complexity index is 940. The number of amides is 2. The van der Waals surface area contributed by atoms with E-state index in [4.69, 9.17) is 9.47 Å². The van der Waals surface area contributed by atoms with Crippen LogP contribution in [0.15, 0.2) is 47.4 Å². The summed E-state index contributed by atoms with van der Waals surface area (Å²) in [5.41, 5.74) is -0.383. The molecule has 9 heteroatoms. The molecule has 3 rings (SSSR count). The van der Waals surface area contributed by atoms with Gasteiger partial charge in [-0.25, -0.2) is 0 Å². The summed E-state index contributed by atoms with van der Waals surface area (Å²) in [6.45, 7) is 0. The van der Waals surface area contributed by atoms with Crippen LogP contribution >= 0.6 is 11.8 Å². The first-order chi connectivity index (χ1) is 12.8. The first kappa shape index (κ1) is 18.8. The van der Waals surface area contributed by atoms with E-state index in [0.717, 1.165) is 17.8 Å². The zero-order valence-electron chi connectivity index (χ0n) is 13.8. The van der Waals surface area contributed by atoms with Crippen LogP contribution in [0.5, 0.6) is 17.2 Å². The van der Waals surface area contributed by atoms with Crippen molar-refractivity contribution in [3.8, 4) is 17.2 Å². The third-order valence-corrected chi connectivity index (χ3v) is 4.35. The van der Waals surface area contributed by atoms with Gasteiger partial charge in [-0.1, -0.05) is 18.2 Å². The van der Waals surface area contributed by atoms with Crippen LogP contribution in [0.25, 0.3) is 6.08 Å². The summed E-state index contributed by atoms with van der Waals surface area (Å²) in [6, 6.07) is 9.30. The number of para-hydroxylation sites is 1. The summed E-state index contributed by atoms with van der Waals surface area (Å²) in [5, 5.41) is 1.66. The van der Waals surface area contributed by atoms with Gasteiger partial charge in [-0.15, -0.1) is 0 Å². The molecule has 1 fully saturated rings. The second-order valence-electron chi connectivity index (χ2n) is 5.36. The molecule has 2 aromatic rings. The summed E-state index contributed by atoms with van der Waals surface area (Å²) >= 11 is 0.758. The van der Waals surface area contributed by atoms with Crippen molar-refractivity contribution in [2.75, 3.05) is 7.11 Å². The molecular formula is C18H12F3NO4S. The standard InChI is InChI=1S/C18H12F3NO4S/c1-25-14-8-10(9-15-16(23)22-17(24)27-15)6-7-13(14)26-12-5-3-2-4-11(12)18(19,20)21/h2-9H,1H3,(H,22,23,24)/b15-9-. The van der Waals surface area contributed by atoms with E-state index in [0.29, 0.717) is 5.56 Å². The summed E-state index contributed by atoms with van der Waals surface area (Å²) in [6.07, 6.45) is -3.09. The number of ether oxygens (including phenoxy) is 2. The zero-order valence-corrected chi connectivity index (χ0v) is 14.6. The Morgan fingerprint density at radius 3 is 2.41 bits per heavy atom. The number of rotatable bonds is 4. The van der Waals surface area contributed by atoms with E-state index in [1.165, 1.54) is 49.6 Å². The molecule has 0 bridgehead atoms. The topological polar surface area (TPSA) is 64.6 Å². The predicted molar refractivity (Wildman–Crippen MR) is 93.6 cm³/mol. The molecule has 0 spiro atoms. The maximum atomic E-state index is 13.1. The molecule has 1 heterocycles. The van der Waals surface area contributed by atoms with Gasteiger partial charge in [0.05, 0.1) is 17.6 Å². The van der Waals surface area contributed by atoms with Gasteiger partial charge in [0.2, 0.25) is 0 Å². The number of carbonyl (C=O) groups is 2. The third-order valence-electron chi connectivity index (χ3n) is 3.54. The molecule has 0 aromatic heterocycles. The van der Waals surface area contributed by atoms with E-state index < -0.39 is 22.9 Å². The highest BCUT2D eigenvalue weighted by atomic mass is 32.2. The van der Waals surface area contributed by atoms with Crippen LogP contribution in [0.2, 0.25) is 0 Å². The fourth-order valence-corrected chi connectivity index (χ4v) is 3.02. The van der Waals surface area contributed by atoms with Crippen molar-refractivity contribution in [2.45, 2.75) is 6.18 Å². The fourth-order valence-electron chi connectivity index (χ4n) is 2.34. The Balaban J connectivity index is 1.92. The monoisotopic (exact) mass is 395 g/mol. The lowest BCUT2D eigenvalue weighted by atomic mass is 10.1. The number of methoxy groups -OCH3 is 1. The number of carbonyl (C=O) groups excluding carboxylic acids is 2. The first-order valence-corrected chi connectivity index (χ1v) is 8.36. The molecule has 1 aliphatic rings. The molecule has 27 heavy (non-hydrogen) atoms. The Hall–Kier alpha value is -2.94. The number of alkyl halides is 3. The lowest BCUT2D eigenvalue weighted by Crippen LogP contribution is -2.17. The van der Waals surface area contributed by atoms with Crippen molar-refractivity contribution in [3.05, 3.63) is 58.5 Å². The van der Waals surface area contributed by atoms with Gasteiger partial charge in [-0.05, 0) is 47.7 Å². The second-order valence-corrected chi connectivity index (χ2v) is 6.37. The Morgan fingerprint density at radius 2 is 1.78 bits per heavy atom. The molecule has 1 N–H and O–H groups in total. The van der Waals surface area contributed by atoms with Gasteiger partial charge < -0.3 is 9.47 Å². The molecule has 0 aliphatic carbocycles. The summed E-state index contributed by atoms with van der Waals surface area (Å²) in [7, 11) is 1.34. The SMILES string of the molecule is COc1cc(/C=C2\SC(=O)NC2=O)ccc1Oc1ccccc1C(F)(F)F. The van der Waals surface area contributed by atoms with Crippen molar-refractivity contribution in [1.29, 1.82) is 0 Å². The maximum absolute atomic E-state index is 13.1. The molecule has 2 aromatic carbocycles. The zero-order chi connectivity index (χ0) is 19.6. The Labute approximate surface area is 156 Å². The number of thioether (sulfide) groups is 1. The molecule has 0 unspecified atom stereocenters. The second kappa shape index (κ2) is 7.36. The van der Waals surface area contributed by atoms with Crippen LogP contribution < -0.4 is 14.8 Å². The van der Waals surface area contributed by atoms with Crippen molar-refractivity contribution in [1.82, 2.24) is 5.32 Å². The van der Waals surface area contributed by atoms with Gasteiger partial charge in [-0.2, -0.15) is 13.2 Å². The normalized spacial score (nSPS) is 15.8.